The van der Waals surface area contributed by atoms with Gasteiger partial charge in [-0.15, -0.1) is 0 Å². The predicted molar refractivity (Wildman–Crippen MR) is 147 cm³/mol. The fraction of sp³-hybridized carbons (Fsp3) is 0.333. The topological polar surface area (TPSA) is 47.0 Å². The molecule has 186 valence electrons. The van der Waals surface area contributed by atoms with E-state index in [0.717, 1.165) is 34.5 Å². The number of oxime groups is 1. The number of aromatic nitrogens is 1. The van der Waals surface area contributed by atoms with Gasteiger partial charge in [-0.05, 0) is 74.6 Å². The maximum absolute atomic E-state index is 6.16. The van der Waals surface area contributed by atoms with Gasteiger partial charge in [-0.3, -0.25) is 4.90 Å². The Morgan fingerprint density at radius 2 is 1.78 bits per heavy atom. The normalized spacial score (nSPS) is 18.0. The van der Waals surface area contributed by atoms with E-state index in [0.29, 0.717) is 29.4 Å². The van der Waals surface area contributed by atoms with E-state index in [4.69, 9.17) is 21.2 Å². The molecule has 1 aromatic heterocycles. The molecule has 0 aliphatic carbocycles. The summed E-state index contributed by atoms with van der Waals surface area (Å²) in [5.41, 5.74) is 4.46. The van der Waals surface area contributed by atoms with Crippen LogP contribution in [0.15, 0.2) is 65.9 Å². The lowest BCUT2D eigenvalue weighted by Gasteiger charge is -2.38. The van der Waals surface area contributed by atoms with Crippen molar-refractivity contribution in [1.29, 1.82) is 0 Å². The lowest BCUT2D eigenvalue weighted by atomic mass is 9.98. The Kier molecular flexibility index (Phi) is 9.00. The van der Waals surface area contributed by atoms with Crippen molar-refractivity contribution >= 4 is 17.8 Å². The number of hydrogen-bond donors (Lipinski definition) is 0. The molecule has 0 spiro atoms. The summed E-state index contributed by atoms with van der Waals surface area (Å²) < 4.78 is 6.16. The molecule has 2 unspecified atom stereocenters. The molecule has 0 amide bonds. The second-order valence-corrected chi connectivity index (χ2v) is 9.51. The number of likely N-dealkylation sites (tertiary alicyclic amines) is 1. The number of ether oxygens (including phenoxy) is 1. The highest BCUT2D eigenvalue weighted by atomic mass is 35.5. The Morgan fingerprint density at radius 3 is 2.47 bits per heavy atom. The van der Waals surface area contributed by atoms with E-state index in [-0.39, 0.29) is 0 Å². The van der Waals surface area contributed by atoms with Crippen molar-refractivity contribution in [2.24, 2.45) is 5.16 Å². The number of piperidine rings is 1. The Bertz CT molecular complexity index is 1220. The maximum Gasteiger partial charge on any atom is 0.128 e. The largest absolute Gasteiger partial charge is 0.492 e. The van der Waals surface area contributed by atoms with Crippen LogP contribution in [0.5, 0.6) is 5.75 Å². The fourth-order valence-electron chi connectivity index (χ4n) is 4.56. The molecule has 6 heteroatoms. The molecule has 3 aromatic rings. The average molecular weight is 502 g/mol. The third-order valence-electron chi connectivity index (χ3n) is 6.57. The molecule has 1 fully saturated rings. The van der Waals surface area contributed by atoms with Gasteiger partial charge in [-0.25, -0.2) is 4.98 Å². The zero-order valence-electron chi connectivity index (χ0n) is 21.1. The van der Waals surface area contributed by atoms with Crippen LogP contribution in [0, 0.1) is 11.8 Å². The molecule has 2 atom stereocenters. The van der Waals surface area contributed by atoms with Crippen LogP contribution in [0.25, 0.3) is 11.1 Å². The summed E-state index contributed by atoms with van der Waals surface area (Å²) >= 11 is 5.98. The Hall–Kier alpha value is -3.33. The highest BCUT2D eigenvalue weighted by Gasteiger charge is 2.24. The number of hydrogen-bond acceptors (Lipinski definition) is 5. The van der Waals surface area contributed by atoms with E-state index in [9.17, 15) is 0 Å². The summed E-state index contributed by atoms with van der Waals surface area (Å²) in [6.07, 6.45) is 7.29. The number of halogens is 1. The quantitative estimate of drug-likeness (QED) is 0.213. The van der Waals surface area contributed by atoms with E-state index in [1.165, 1.54) is 26.4 Å². The van der Waals surface area contributed by atoms with Gasteiger partial charge in [0.25, 0.3) is 0 Å². The molecule has 36 heavy (non-hydrogen) atoms. The van der Waals surface area contributed by atoms with Crippen molar-refractivity contribution in [1.82, 2.24) is 9.88 Å². The van der Waals surface area contributed by atoms with Gasteiger partial charge in [0.2, 0.25) is 0 Å². The van der Waals surface area contributed by atoms with Crippen LogP contribution in [0.4, 0.5) is 0 Å². The summed E-state index contributed by atoms with van der Waals surface area (Å²) in [4.78, 5) is 11.9. The summed E-state index contributed by atoms with van der Waals surface area (Å²) in [6, 6.07) is 18.7. The molecule has 5 nitrogen and oxygen atoms in total. The summed E-state index contributed by atoms with van der Waals surface area (Å²) in [7, 11) is 1.53. The van der Waals surface area contributed by atoms with Crippen molar-refractivity contribution in [2.75, 3.05) is 20.3 Å². The van der Waals surface area contributed by atoms with Crippen molar-refractivity contribution < 1.29 is 9.57 Å². The smallest absolute Gasteiger partial charge is 0.128 e. The van der Waals surface area contributed by atoms with Gasteiger partial charge in [-0.2, -0.15) is 0 Å². The van der Waals surface area contributed by atoms with E-state index >= 15 is 0 Å². The molecule has 2 aromatic carbocycles. The predicted octanol–water partition coefficient (Wildman–Crippen LogP) is 6.42. The minimum absolute atomic E-state index is 0.596. The first-order valence-electron chi connectivity index (χ1n) is 12.4. The SMILES string of the molecule is CON=Cc1cc(C#Cc2ccc(-c3ccc(Cl)cc3)cn2)ccc1OCCN1C(C)CCCC1C. The van der Waals surface area contributed by atoms with Crippen LogP contribution in [0.2, 0.25) is 5.02 Å². The van der Waals surface area contributed by atoms with Gasteiger partial charge >= 0.3 is 0 Å². The van der Waals surface area contributed by atoms with E-state index in [2.05, 4.69) is 40.7 Å². The Morgan fingerprint density at radius 1 is 1.03 bits per heavy atom. The third-order valence-corrected chi connectivity index (χ3v) is 6.82. The van der Waals surface area contributed by atoms with Crippen molar-refractivity contribution in [2.45, 2.75) is 45.2 Å². The van der Waals surface area contributed by atoms with Gasteiger partial charge in [-0.1, -0.05) is 47.3 Å². The number of benzene rings is 2. The standard InChI is InChI=1S/C30H32ClN3O2/c1-22-5-4-6-23(2)34(22)17-18-36-30-16-8-24(19-27(30)21-33-35-3)7-14-29-15-11-26(20-32-29)25-9-12-28(31)13-10-25/h8-13,15-16,19-23H,4-6,17-18H2,1-3H3. The molecular weight excluding hydrogens is 470 g/mol. The van der Waals surface area contributed by atoms with Crippen LogP contribution in [-0.4, -0.2) is 48.4 Å². The zero-order valence-corrected chi connectivity index (χ0v) is 21.8. The monoisotopic (exact) mass is 501 g/mol. The highest BCUT2D eigenvalue weighted by Crippen LogP contribution is 2.24. The number of rotatable bonds is 7. The molecule has 0 saturated carbocycles. The first kappa shape index (κ1) is 25.8. The molecule has 2 heterocycles. The van der Waals surface area contributed by atoms with Crippen LogP contribution in [-0.2, 0) is 4.84 Å². The first-order valence-corrected chi connectivity index (χ1v) is 12.7. The molecule has 1 aliphatic rings. The number of nitrogens with zero attached hydrogens (tertiary/aromatic N) is 3. The van der Waals surface area contributed by atoms with E-state index < -0.39 is 0 Å². The Balaban J connectivity index is 1.44. The molecule has 0 radical (unpaired) electrons. The number of pyridine rings is 1. The second kappa shape index (κ2) is 12.6. The van der Waals surface area contributed by atoms with Crippen LogP contribution < -0.4 is 4.74 Å². The fourth-order valence-corrected chi connectivity index (χ4v) is 4.69. The van der Waals surface area contributed by atoms with Crippen molar-refractivity contribution in [3.05, 3.63) is 82.6 Å². The van der Waals surface area contributed by atoms with Crippen LogP contribution >= 0.6 is 11.6 Å². The van der Waals surface area contributed by atoms with Crippen LogP contribution in [0.1, 0.15) is 49.9 Å². The van der Waals surface area contributed by atoms with Gasteiger partial charge in [0.15, 0.2) is 0 Å². The molecule has 0 N–H and O–H groups in total. The maximum atomic E-state index is 6.16. The highest BCUT2D eigenvalue weighted by molar-refractivity contribution is 6.30. The summed E-state index contributed by atoms with van der Waals surface area (Å²) in [6.45, 7) is 6.14. The lowest BCUT2D eigenvalue weighted by molar-refractivity contribution is 0.0851. The van der Waals surface area contributed by atoms with Crippen LogP contribution in [0.3, 0.4) is 0 Å². The van der Waals surface area contributed by atoms with E-state index in [1.54, 1.807) is 6.21 Å². The Labute approximate surface area is 219 Å². The molecule has 1 saturated heterocycles. The molecule has 4 rings (SSSR count). The molecule has 1 aliphatic heterocycles. The lowest BCUT2D eigenvalue weighted by Crippen LogP contribution is -2.45. The molecule has 0 bridgehead atoms. The first-order chi connectivity index (χ1) is 17.5. The third kappa shape index (κ3) is 6.87. The zero-order chi connectivity index (χ0) is 25.3. The van der Waals surface area contributed by atoms with Gasteiger partial charge in [0, 0.05) is 46.5 Å². The van der Waals surface area contributed by atoms with E-state index in [1.807, 2.05) is 60.8 Å². The van der Waals surface area contributed by atoms with Crippen molar-refractivity contribution in [3.8, 4) is 28.7 Å². The van der Waals surface area contributed by atoms with Crippen molar-refractivity contribution in [3.63, 3.8) is 0 Å². The van der Waals surface area contributed by atoms with Gasteiger partial charge in [0.05, 0.1) is 6.21 Å². The second-order valence-electron chi connectivity index (χ2n) is 9.07. The summed E-state index contributed by atoms with van der Waals surface area (Å²) in [5, 5.41) is 4.66. The van der Waals surface area contributed by atoms with Gasteiger partial charge < -0.3 is 9.57 Å². The van der Waals surface area contributed by atoms with Gasteiger partial charge in [0.1, 0.15) is 25.2 Å². The minimum atomic E-state index is 0.596. The minimum Gasteiger partial charge on any atom is -0.492 e. The summed E-state index contributed by atoms with van der Waals surface area (Å²) in [5.74, 6) is 7.10. The molecular formula is C30H32ClN3O2. The average Bonchev–Trinajstić information content (AvgIpc) is 2.89.